The van der Waals surface area contributed by atoms with E-state index in [0.29, 0.717) is 0 Å². The van der Waals surface area contributed by atoms with Crippen molar-refractivity contribution in [3.05, 3.63) is 28.8 Å². The first kappa shape index (κ1) is 13.0. The van der Waals surface area contributed by atoms with E-state index in [1.54, 1.807) is 0 Å². The van der Waals surface area contributed by atoms with E-state index in [-0.39, 0.29) is 0 Å². The highest BCUT2D eigenvalue weighted by Crippen LogP contribution is 2.41. The normalized spacial score (nSPS) is 21.0. The molecule has 1 aromatic carbocycles. The van der Waals surface area contributed by atoms with Crippen LogP contribution in [0, 0.1) is 19.8 Å². The van der Waals surface area contributed by atoms with Gasteiger partial charge in [0.2, 0.25) is 0 Å². The molecule has 0 spiro atoms. The average Bonchev–Trinajstić information content (AvgIpc) is 2.97. The lowest BCUT2D eigenvalue weighted by molar-refractivity contribution is 0.146. The molecule has 3 rings (SSSR count). The molecular formula is C17H24O2. The van der Waals surface area contributed by atoms with E-state index in [2.05, 4.69) is 26.0 Å². The van der Waals surface area contributed by atoms with Crippen LogP contribution < -0.4 is 4.74 Å². The van der Waals surface area contributed by atoms with E-state index in [0.717, 1.165) is 37.5 Å². The third kappa shape index (κ3) is 2.94. The molecule has 1 aromatic rings. The first-order valence-electron chi connectivity index (χ1n) is 7.51. The van der Waals surface area contributed by atoms with Crippen LogP contribution in [-0.4, -0.2) is 17.3 Å². The molecule has 1 N–H and O–H groups in total. The van der Waals surface area contributed by atoms with Gasteiger partial charge in [0.1, 0.15) is 5.75 Å². The van der Waals surface area contributed by atoms with Gasteiger partial charge in [-0.05, 0) is 56.6 Å². The first-order chi connectivity index (χ1) is 9.06. The minimum atomic E-state index is -0.450. The summed E-state index contributed by atoms with van der Waals surface area (Å²) in [5.41, 5.74) is 3.21. The maximum atomic E-state index is 10.2. The maximum absolute atomic E-state index is 10.2. The molecule has 0 unspecified atom stereocenters. The summed E-state index contributed by atoms with van der Waals surface area (Å²) in [5.74, 6) is 1.77. The van der Waals surface area contributed by atoms with E-state index < -0.39 is 5.60 Å². The topological polar surface area (TPSA) is 29.5 Å². The summed E-state index contributed by atoms with van der Waals surface area (Å²) in [7, 11) is 0. The van der Waals surface area contributed by atoms with Crippen molar-refractivity contribution in [1.82, 2.24) is 0 Å². The van der Waals surface area contributed by atoms with Crippen LogP contribution in [0.4, 0.5) is 0 Å². The lowest BCUT2D eigenvalue weighted by Gasteiger charge is -2.26. The van der Waals surface area contributed by atoms with Gasteiger partial charge in [0.25, 0.3) is 0 Å². The van der Waals surface area contributed by atoms with Gasteiger partial charge in [-0.3, -0.25) is 0 Å². The Morgan fingerprint density at radius 1 is 1.26 bits per heavy atom. The Bertz CT molecular complexity index is 470. The van der Waals surface area contributed by atoms with Crippen molar-refractivity contribution in [1.29, 1.82) is 0 Å². The molecule has 0 aliphatic heterocycles. The fourth-order valence-corrected chi connectivity index (χ4v) is 2.92. The van der Waals surface area contributed by atoms with Gasteiger partial charge in [0.05, 0.1) is 12.2 Å². The van der Waals surface area contributed by atoms with Crippen LogP contribution in [0.1, 0.15) is 48.8 Å². The van der Waals surface area contributed by atoms with Gasteiger partial charge >= 0.3 is 0 Å². The molecule has 0 saturated heterocycles. The minimum absolute atomic E-state index is 0.450. The molecule has 2 heteroatoms. The fraction of sp³-hybridized carbons (Fsp3) is 0.647. The van der Waals surface area contributed by atoms with Crippen LogP contribution in [0.15, 0.2) is 12.1 Å². The fourth-order valence-electron chi connectivity index (χ4n) is 2.92. The van der Waals surface area contributed by atoms with E-state index in [1.165, 1.54) is 36.0 Å². The van der Waals surface area contributed by atoms with Gasteiger partial charge in [-0.25, -0.2) is 0 Å². The third-order valence-electron chi connectivity index (χ3n) is 4.53. The van der Waals surface area contributed by atoms with Crippen LogP contribution >= 0.6 is 0 Å². The zero-order valence-corrected chi connectivity index (χ0v) is 12.0. The summed E-state index contributed by atoms with van der Waals surface area (Å²) < 4.78 is 6.09. The number of rotatable bonds is 5. The molecule has 0 radical (unpaired) electrons. The molecule has 0 aromatic heterocycles. The number of hydrogen-bond donors (Lipinski definition) is 1. The van der Waals surface area contributed by atoms with E-state index in [1.807, 2.05) is 0 Å². The van der Waals surface area contributed by atoms with E-state index in [9.17, 15) is 5.11 Å². The van der Waals surface area contributed by atoms with E-state index in [4.69, 9.17) is 4.74 Å². The first-order valence-corrected chi connectivity index (χ1v) is 7.51. The van der Waals surface area contributed by atoms with Gasteiger partial charge in [-0.1, -0.05) is 24.1 Å². The minimum Gasteiger partial charge on any atom is -0.493 e. The molecule has 19 heavy (non-hydrogen) atoms. The van der Waals surface area contributed by atoms with Crippen molar-refractivity contribution in [3.8, 4) is 5.75 Å². The Labute approximate surface area is 115 Å². The van der Waals surface area contributed by atoms with Crippen LogP contribution in [0.2, 0.25) is 0 Å². The molecule has 2 aliphatic rings. The second kappa shape index (κ2) is 4.82. The summed E-state index contributed by atoms with van der Waals surface area (Å²) in [5, 5.41) is 10.2. The standard InChI is InChI=1S/C17H24O2/c1-12-8-13(2)16(19-11-14-4-3-5-14)15(9-12)10-17(18)6-7-17/h8-9,14,18H,3-7,10-11H2,1-2H3. The second-order valence-electron chi connectivity index (χ2n) is 6.58. The Balaban J connectivity index is 1.78. The van der Waals surface area contributed by atoms with Crippen molar-refractivity contribution in [3.63, 3.8) is 0 Å². The Kier molecular flexibility index (Phi) is 3.30. The zero-order valence-electron chi connectivity index (χ0n) is 12.0. The van der Waals surface area contributed by atoms with Crippen molar-refractivity contribution in [2.24, 2.45) is 5.92 Å². The lowest BCUT2D eigenvalue weighted by atomic mass is 9.86. The molecule has 104 valence electrons. The highest BCUT2D eigenvalue weighted by Gasteiger charge is 2.41. The molecular weight excluding hydrogens is 236 g/mol. The largest absolute Gasteiger partial charge is 0.493 e. The number of aliphatic hydroxyl groups is 1. The SMILES string of the molecule is Cc1cc(C)c(OCC2CCC2)c(CC2(O)CC2)c1. The molecule has 0 amide bonds. The number of ether oxygens (including phenoxy) is 1. The molecule has 0 atom stereocenters. The van der Waals surface area contributed by atoms with Crippen LogP contribution in [-0.2, 0) is 6.42 Å². The van der Waals surface area contributed by atoms with Crippen molar-refractivity contribution >= 4 is 0 Å². The highest BCUT2D eigenvalue weighted by molar-refractivity contribution is 5.45. The highest BCUT2D eigenvalue weighted by atomic mass is 16.5. The van der Waals surface area contributed by atoms with Crippen molar-refractivity contribution in [2.75, 3.05) is 6.61 Å². The Morgan fingerprint density at radius 2 is 2.00 bits per heavy atom. The average molecular weight is 260 g/mol. The van der Waals surface area contributed by atoms with E-state index >= 15 is 0 Å². The smallest absolute Gasteiger partial charge is 0.125 e. The van der Waals surface area contributed by atoms with Crippen LogP contribution in [0.25, 0.3) is 0 Å². The Morgan fingerprint density at radius 3 is 2.58 bits per heavy atom. The predicted molar refractivity (Wildman–Crippen MR) is 76.6 cm³/mol. The predicted octanol–water partition coefficient (Wildman–Crippen LogP) is 3.55. The van der Waals surface area contributed by atoms with Gasteiger partial charge in [-0.15, -0.1) is 0 Å². The van der Waals surface area contributed by atoms with Crippen molar-refractivity contribution < 1.29 is 9.84 Å². The molecule has 0 heterocycles. The molecule has 2 aliphatic carbocycles. The summed E-state index contributed by atoms with van der Waals surface area (Å²) >= 11 is 0. The monoisotopic (exact) mass is 260 g/mol. The van der Waals surface area contributed by atoms with Gasteiger partial charge in [0, 0.05) is 6.42 Å². The second-order valence-corrected chi connectivity index (χ2v) is 6.58. The van der Waals surface area contributed by atoms with Crippen LogP contribution in [0.5, 0.6) is 5.75 Å². The number of aryl methyl sites for hydroxylation is 2. The molecule has 2 fully saturated rings. The summed E-state index contributed by atoms with van der Waals surface area (Å²) in [4.78, 5) is 0. The molecule has 2 saturated carbocycles. The number of benzene rings is 1. The summed E-state index contributed by atoms with van der Waals surface area (Å²) in [6.45, 7) is 5.07. The Hall–Kier alpha value is -1.02. The zero-order chi connectivity index (χ0) is 13.5. The molecule has 2 nitrogen and oxygen atoms in total. The summed E-state index contributed by atoms with van der Waals surface area (Å²) in [6, 6.07) is 4.36. The number of hydrogen-bond acceptors (Lipinski definition) is 2. The quantitative estimate of drug-likeness (QED) is 0.877. The summed E-state index contributed by atoms with van der Waals surface area (Å²) in [6.07, 6.45) is 6.58. The van der Waals surface area contributed by atoms with Gasteiger partial charge in [0.15, 0.2) is 0 Å². The maximum Gasteiger partial charge on any atom is 0.125 e. The molecule has 0 bridgehead atoms. The van der Waals surface area contributed by atoms with Crippen molar-refractivity contribution in [2.45, 2.75) is 58.0 Å². The van der Waals surface area contributed by atoms with Crippen LogP contribution in [0.3, 0.4) is 0 Å². The third-order valence-corrected chi connectivity index (χ3v) is 4.53. The lowest BCUT2D eigenvalue weighted by Crippen LogP contribution is -2.20. The van der Waals surface area contributed by atoms with Gasteiger partial charge in [-0.2, -0.15) is 0 Å². The van der Waals surface area contributed by atoms with Gasteiger partial charge < -0.3 is 9.84 Å².